The lowest BCUT2D eigenvalue weighted by molar-refractivity contribution is -0.142. The van der Waals surface area contributed by atoms with Crippen molar-refractivity contribution in [2.75, 3.05) is 20.3 Å². The second kappa shape index (κ2) is 6.41. The minimum Gasteiger partial charge on any atom is -0.481 e. The molecule has 114 valence electrons. The molecule has 0 aromatic heterocycles. The van der Waals surface area contributed by atoms with E-state index in [2.05, 4.69) is 0 Å². The molecule has 1 aliphatic heterocycles. The van der Waals surface area contributed by atoms with E-state index in [0.717, 1.165) is 0 Å². The second-order valence-electron chi connectivity index (χ2n) is 4.85. The molecule has 1 aromatic rings. The number of methoxy groups -OCH3 is 1. The lowest BCUT2D eigenvalue weighted by atomic mass is 9.93. The summed E-state index contributed by atoms with van der Waals surface area (Å²) in [5.41, 5.74) is 0.422. The number of carbonyl (C=O) groups is 2. The summed E-state index contributed by atoms with van der Waals surface area (Å²) in [4.78, 5) is 24.8. The molecule has 1 aromatic carbocycles. The van der Waals surface area contributed by atoms with E-state index < -0.39 is 23.7 Å². The van der Waals surface area contributed by atoms with Crippen LogP contribution >= 0.6 is 11.6 Å². The molecule has 1 heterocycles. The van der Waals surface area contributed by atoms with Gasteiger partial charge in [-0.15, -0.1) is 0 Å². The van der Waals surface area contributed by atoms with E-state index in [0.29, 0.717) is 5.56 Å². The lowest BCUT2D eigenvalue weighted by Crippen LogP contribution is -2.33. The van der Waals surface area contributed by atoms with Gasteiger partial charge in [0.05, 0.1) is 23.6 Å². The van der Waals surface area contributed by atoms with E-state index in [1.165, 1.54) is 24.1 Å². The minimum atomic E-state index is -1.08. The van der Waals surface area contributed by atoms with E-state index in [1.807, 2.05) is 0 Å². The van der Waals surface area contributed by atoms with E-state index >= 15 is 0 Å². The highest BCUT2D eigenvalue weighted by Crippen LogP contribution is 2.38. The van der Waals surface area contributed by atoms with Gasteiger partial charge in [-0.05, 0) is 17.7 Å². The number of halogens is 2. The SMILES string of the molecule is COCCN1C(=O)CC(C(=O)O)C1c1ccc(Cl)c(F)c1. The van der Waals surface area contributed by atoms with Crippen LogP contribution in [0.2, 0.25) is 5.02 Å². The monoisotopic (exact) mass is 315 g/mol. The van der Waals surface area contributed by atoms with Gasteiger partial charge in [-0.1, -0.05) is 17.7 Å². The number of nitrogens with zero attached hydrogens (tertiary/aromatic N) is 1. The molecule has 7 heteroatoms. The number of ether oxygens (including phenoxy) is 1. The number of hydrogen-bond donors (Lipinski definition) is 1. The predicted octanol–water partition coefficient (Wildman–Crippen LogP) is 2.10. The maximum absolute atomic E-state index is 13.6. The molecule has 0 saturated carbocycles. The van der Waals surface area contributed by atoms with E-state index in [9.17, 15) is 19.1 Å². The average molecular weight is 316 g/mol. The third-order valence-corrected chi connectivity index (χ3v) is 3.88. The van der Waals surface area contributed by atoms with E-state index in [1.54, 1.807) is 6.07 Å². The fraction of sp³-hybridized carbons (Fsp3) is 0.429. The molecule has 0 radical (unpaired) electrons. The molecule has 1 N–H and O–H groups in total. The summed E-state index contributed by atoms with van der Waals surface area (Å²) in [6.07, 6.45) is -0.103. The summed E-state index contributed by atoms with van der Waals surface area (Å²) in [7, 11) is 1.49. The number of amides is 1. The molecular weight excluding hydrogens is 301 g/mol. The van der Waals surface area contributed by atoms with Gasteiger partial charge in [0.25, 0.3) is 0 Å². The highest BCUT2D eigenvalue weighted by molar-refractivity contribution is 6.30. The topological polar surface area (TPSA) is 66.8 Å². The fourth-order valence-corrected chi connectivity index (χ4v) is 2.69. The van der Waals surface area contributed by atoms with Gasteiger partial charge in [0, 0.05) is 20.1 Å². The third-order valence-electron chi connectivity index (χ3n) is 3.57. The van der Waals surface area contributed by atoms with Crippen molar-refractivity contribution in [3.05, 3.63) is 34.6 Å². The number of likely N-dealkylation sites (tertiary alicyclic amines) is 1. The van der Waals surface area contributed by atoms with Crippen LogP contribution in [0.5, 0.6) is 0 Å². The van der Waals surface area contributed by atoms with Gasteiger partial charge < -0.3 is 14.7 Å². The second-order valence-corrected chi connectivity index (χ2v) is 5.25. The standard InChI is InChI=1S/C14H15ClFNO4/c1-21-5-4-17-12(18)7-9(14(19)20)13(17)8-2-3-10(15)11(16)6-8/h2-3,6,9,13H,4-5,7H2,1H3,(H,19,20). The van der Waals surface area contributed by atoms with E-state index in [-0.39, 0.29) is 30.5 Å². The number of aliphatic carboxylic acids is 1. The Kier molecular flexibility index (Phi) is 4.80. The molecule has 1 saturated heterocycles. The van der Waals surface area contributed by atoms with Gasteiger partial charge in [-0.25, -0.2) is 4.39 Å². The maximum atomic E-state index is 13.6. The highest BCUT2D eigenvalue weighted by atomic mass is 35.5. The summed E-state index contributed by atoms with van der Waals surface area (Å²) in [6, 6.07) is 3.38. The first kappa shape index (κ1) is 15.7. The lowest BCUT2D eigenvalue weighted by Gasteiger charge is -2.27. The molecule has 1 fully saturated rings. The summed E-state index contributed by atoms with van der Waals surface area (Å²) in [5.74, 6) is -2.90. The quantitative estimate of drug-likeness (QED) is 0.903. The Hall–Kier alpha value is -1.66. The normalized spacial score (nSPS) is 21.9. The third kappa shape index (κ3) is 3.16. The Morgan fingerprint density at radius 1 is 1.57 bits per heavy atom. The molecule has 1 aliphatic rings. The van der Waals surface area contributed by atoms with Crippen molar-refractivity contribution in [1.29, 1.82) is 0 Å². The molecular formula is C14H15ClFNO4. The van der Waals surface area contributed by atoms with Gasteiger partial charge >= 0.3 is 5.97 Å². The first-order valence-electron chi connectivity index (χ1n) is 6.42. The molecule has 0 aliphatic carbocycles. The van der Waals surface area contributed by atoms with Crippen molar-refractivity contribution in [2.24, 2.45) is 5.92 Å². The minimum absolute atomic E-state index is 0.0432. The summed E-state index contributed by atoms with van der Waals surface area (Å²) in [6.45, 7) is 0.540. The molecule has 2 atom stereocenters. The zero-order valence-corrected chi connectivity index (χ0v) is 12.1. The summed E-state index contributed by atoms with van der Waals surface area (Å²) < 4.78 is 18.6. The van der Waals surface area contributed by atoms with Crippen LogP contribution < -0.4 is 0 Å². The Morgan fingerprint density at radius 2 is 2.29 bits per heavy atom. The van der Waals surface area contributed by atoms with Gasteiger partial charge in [0.1, 0.15) is 5.82 Å². The predicted molar refractivity (Wildman–Crippen MR) is 73.5 cm³/mol. The number of carboxylic acid groups (broad SMARTS) is 1. The van der Waals surface area contributed by atoms with Crippen molar-refractivity contribution >= 4 is 23.5 Å². The van der Waals surface area contributed by atoms with Gasteiger partial charge in [-0.3, -0.25) is 9.59 Å². The van der Waals surface area contributed by atoms with Crippen LogP contribution in [-0.2, 0) is 14.3 Å². The Bertz CT molecular complexity index is 566. The average Bonchev–Trinajstić information content (AvgIpc) is 2.77. The number of rotatable bonds is 5. The van der Waals surface area contributed by atoms with Crippen LogP contribution in [0.15, 0.2) is 18.2 Å². The van der Waals surface area contributed by atoms with Crippen LogP contribution in [0.25, 0.3) is 0 Å². The smallest absolute Gasteiger partial charge is 0.309 e. The van der Waals surface area contributed by atoms with Crippen molar-refractivity contribution < 1.29 is 23.8 Å². The summed E-state index contributed by atoms with van der Waals surface area (Å²) >= 11 is 5.64. The maximum Gasteiger partial charge on any atom is 0.309 e. The van der Waals surface area contributed by atoms with Crippen LogP contribution in [0, 0.1) is 11.7 Å². The largest absolute Gasteiger partial charge is 0.481 e. The van der Waals surface area contributed by atoms with Gasteiger partial charge in [0.2, 0.25) is 5.91 Å². The molecule has 0 bridgehead atoms. The van der Waals surface area contributed by atoms with Crippen molar-refractivity contribution in [3.63, 3.8) is 0 Å². The van der Waals surface area contributed by atoms with Crippen LogP contribution in [0.1, 0.15) is 18.0 Å². The van der Waals surface area contributed by atoms with Crippen LogP contribution in [-0.4, -0.2) is 42.1 Å². The first-order valence-corrected chi connectivity index (χ1v) is 6.79. The van der Waals surface area contributed by atoms with Gasteiger partial charge in [-0.2, -0.15) is 0 Å². The van der Waals surface area contributed by atoms with Crippen LogP contribution in [0.4, 0.5) is 4.39 Å². The summed E-state index contributed by atoms with van der Waals surface area (Å²) in [5, 5.41) is 9.26. The zero-order valence-electron chi connectivity index (χ0n) is 11.4. The van der Waals surface area contributed by atoms with Crippen molar-refractivity contribution in [2.45, 2.75) is 12.5 Å². The van der Waals surface area contributed by atoms with E-state index in [4.69, 9.17) is 16.3 Å². The molecule has 2 unspecified atom stereocenters. The zero-order chi connectivity index (χ0) is 15.6. The number of carboxylic acids is 1. The highest BCUT2D eigenvalue weighted by Gasteiger charge is 2.44. The number of carbonyl (C=O) groups excluding carboxylic acids is 1. The van der Waals surface area contributed by atoms with Crippen molar-refractivity contribution in [1.82, 2.24) is 4.90 Å². The fourth-order valence-electron chi connectivity index (χ4n) is 2.57. The Labute approximate surface area is 126 Å². The molecule has 1 amide bonds. The van der Waals surface area contributed by atoms with Gasteiger partial charge in [0.15, 0.2) is 0 Å². The molecule has 2 rings (SSSR count). The number of benzene rings is 1. The molecule has 0 spiro atoms. The Morgan fingerprint density at radius 3 is 2.86 bits per heavy atom. The molecule has 5 nitrogen and oxygen atoms in total. The molecule has 21 heavy (non-hydrogen) atoms. The Balaban J connectivity index is 2.38. The number of hydrogen-bond acceptors (Lipinski definition) is 3. The first-order chi connectivity index (χ1) is 9.95. The van der Waals surface area contributed by atoms with Crippen LogP contribution in [0.3, 0.4) is 0 Å². The van der Waals surface area contributed by atoms with Crippen molar-refractivity contribution in [3.8, 4) is 0 Å².